The molecule has 2 aromatic heterocycles. The molecule has 0 aliphatic rings. The largest absolute Gasteiger partial charge is 0.296 e. The monoisotopic (exact) mass is 301 g/mol. The second-order valence-corrected chi connectivity index (χ2v) is 6.00. The van der Waals surface area contributed by atoms with Crippen LogP contribution >= 0.6 is 11.3 Å². The topological polar surface area (TPSA) is 46.3 Å². The molecule has 0 atom stereocenters. The van der Waals surface area contributed by atoms with E-state index in [1.807, 2.05) is 4.52 Å². The quantitative estimate of drug-likeness (QED) is 0.727. The van der Waals surface area contributed by atoms with E-state index in [2.05, 4.69) is 65.2 Å². The van der Waals surface area contributed by atoms with Gasteiger partial charge in [0.05, 0.1) is 6.54 Å². The SMILES string of the molecule is CCN(CC)Cc1nnc2sc(-c3ccc(C)cc3)nn12. The zero-order valence-electron chi connectivity index (χ0n) is 12.6. The van der Waals surface area contributed by atoms with Gasteiger partial charge in [-0.3, -0.25) is 4.90 Å². The summed E-state index contributed by atoms with van der Waals surface area (Å²) in [7, 11) is 0. The smallest absolute Gasteiger partial charge is 0.235 e. The molecular formula is C15H19N5S. The summed E-state index contributed by atoms with van der Waals surface area (Å²) in [6, 6.07) is 8.42. The van der Waals surface area contributed by atoms with E-state index in [-0.39, 0.29) is 0 Å². The summed E-state index contributed by atoms with van der Waals surface area (Å²) < 4.78 is 1.87. The summed E-state index contributed by atoms with van der Waals surface area (Å²) in [5.74, 6) is 0.906. The fraction of sp³-hybridized carbons (Fsp3) is 0.400. The van der Waals surface area contributed by atoms with Gasteiger partial charge in [0.1, 0.15) is 5.01 Å². The van der Waals surface area contributed by atoms with Gasteiger partial charge >= 0.3 is 0 Å². The maximum atomic E-state index is 4.68. The highest BCUT2D eigenvalue weighted by atomic mass is 32.1. The maximum absolute atomic E-state index is 4.68. The van der Waals surface area contributed by atoms with E-state index in [1.54, 1.807) is 11.3 Å². The standard InChI is InChI=1S/C15H19N5S/c1-4-19(5-2)10-13-16-17-15-20(13)18-14(21-15)12-8-6-11(3)7-9-12/h6-9H,4-5,10H2,1-3H3. The normalized spacial score (nSPS) is 11.6. The van der Waals surface area contributed by atoms with Gasteiger partial charge in [0.2, 0.25) is 4.96 Å². The maximum Gasteiger partial charge on any atom is 0.235 e. The lowest BCUT2D eigenvalue weighted by molar-refractivity contribution is 0.286. The van der Waals surface area contributed by atoms with Gasteiger partial charge in [-0.05, 0) is 20.0 Å². The van der Waals surface area contributed by atoms with E-state index in [4.69, 9.17) is 0 Å². The summed E-state index contributed by atoms with van der Waals surface area (Å²) in [6.07, 6.45) is 0. The number of nitrogens with zero attached hydrogens (tertiary/aromatic N) is 5. The second kappa shape index (κ2) is 5.91. The zero-order chi connectivity index (χ0) is 14.8. The fourth-order valence-corrected chi connectivity index (χ4v) is 3.08. The summed E-state index contributed by atoms with van der Waals surface area (Å²) in [5.41, 5.74) is 2.38. The first kappa shape index (κ1) is 14.2. The van der Waals surface area contributed by atoms with E-state index in [0.717, 1.165) is 41.0 Å². The van der Waals surface area contributed by atoms with Crippen molar-refractivity contribution in [3.63, 3.8) is 0 Å². The van der Waals surface area contributed by atoms with Crippen molar-refractivity contribution >= 4 is 16.3 Å². The van der Waals surface area contributed by atoms with E-state index in [9.17, 15) is 0 Å². The van der Waals surface area contributed by atoms with Gasteiger partial charge in [-0.15, -0.1) is 10.2 Å². The molecule has 110 valence electrons. The van der Waals surface area contributed by atoms with Gasteiger partial charge in [0.15, 0.2) is 5.82 Å². The summed E-state index contributed by atoms with van der Waals surface area (Å²) in [4.78, 5) is 3.16. The Hall–Kier alpha value is -1.79. The number of benzene rings is 1. The van der Waals surface area contributed by atoms with Crippen LogP contribution in [-0.2, 0) is 6.54 Å². The summed E-state index contributed by atoms with van der Waals surface area (Å²) in [5, 5.41) is 14.2. The van der Waals surface area contributed by atoms with Crippen molar-refractivity contribution in [3.8, 4) is 10.6 Å². The van der Waals surface area contributed by atoms with Gasteiger partial charge < -0.3 is 0 Å². The number of hydrogen-bond donors (Lipinski definition) is 0. The Morgan fingerprint density at radius 3 is 2.48 bits per heavy atom. The fourth-order valence-electron chi connectivity index (χ4n) is 2.22. The van der Waals surface area contributed by atoms with Crippen LogP contribution in [0.15, 0.2) is 24.3 Å². The van der Waals surface area contributed by atoms with Crippen LogP contribution in [0.4, 0.5) is 0 Å². The molecule has 6 heteroatoms. The number of fused-ring (bicyclic) bond motifs is 1. The molecule has 0 spiro atoms. The highest BCUT2D eigenvalue weighted by Crippen LogP contribution is 2.25. The molecule has 1 aromatic carbocycles. The molecule has 0 N–H and O–H groups in total. The van der Waals surface area contributed by atoms with Crippen molar-refractivity contribution in [3.05, 3.63) is 35.7 Å². The van der Waals surface area contributed by atoms with Crippen LogP contribution in [0.5, 0.6) is 0 Å². The van der Waals surface area contributed by atoms with Crippen LogP contribution in [0.2, 0.25) is 0 Å². The Kier molecular flexibility index (Phi) is 3.98. The first-order valence-corrected chi connectivity index (χ1v) is 8.03. The van der Waals surface area contributed by atoms with Crippen LogP contribution in [0.3, 0.4) is 0 Å². The molecule has 0 aliphatic heterocycles. The average Bonchev–Trinajstić information content (AvgIpc) is 3.07. The van der Waals surface area contributed by atoms with Gasteiger partial charge in [-0.1, -0.05) is 55.0 Å². The van der Waals surface area contributed by atoms with Crippen molar-refractivity contribution in [1.29, 1.82) is 0 Å². The zero-order valence-corrected chi connectivity index (χ0v) is 13.4. The molecule has 0 amide bonds. The van der Waals surface area contributed by atoms with Crippen LogP contribution in [0.1, 0.15) is 25.2 Å². The number of aromatic nitrogens is 4. The lowest BCUT2D eigenvalue weighted by atomic mass is 10.2. The minimum absolute atomic E-state index is 0.783. The molecule has 0 saturated heterocycles. The lowest BCUT2D eigenvalue weighted by Gasteiger charge is -2.15. The van der Waals surface area contributed by atoms with E-state index < -0.39 is 0 Å². The van der Waals surface area contributed by atoms with Crippen molar-refractivity contribution in [1.82, 2.24) is 24.7 Å². The molecule has 0 unspecified atom stereocenters. The Morgan fingerprint density at radius 1 is 1.10 bits per heavy atom. The molecular weight excluding hydrogens is 282 g/mol. The third kappa shape index (κ3) is 2.82. The van der Waals surface area contributed by atoms with E-state index in [0.29, 0.717) is 0 Å². The molecule has 0 radical (unpaired) electrons. The first-order chi connectivity index (χ1) is 10.2. The molecule has 2 heterocycles. The molecule has 0 saturated carbocycles. The predicted molar refractivity (Wildman–Crippen MR) is 85.5 cm³/mol. The summed E-state index contributed by atoms with van der Waals surface area (Å²) >= 11 is 1.58. The van der Waals surface area contributed by atoms with Crippen LogP contribution in [0.25, 0.3) is 15.5 Å². The number of aryl methyl sites for hydroxylation is 1. The van der Waals surface area contributed by atoms with Crippen molar-refractivity contribution in [2.45, 2.75) is 27.3 Å². The van der Waals surface area contributed by atoms with Gasteiger partial charge in [-0.25, -0.2) is 0 Å². The number of rotatable bonds is 5. The third-order valence-corrected chi connectivity index (χ3v) is 4.56. The molecule has 0 aliphatic carbocycles. The Balaban J connectivity index is 1.93. The highest BCUT2D eigenvalue weighted by molar-refractivity contribution is 7.19. The summed E-state index contributed by atoms with van der Waals surface area (Å²) in [6.45, 7) is 9.18. The molecule has 3 rings (SSSR count). The molecule has 5 nitrogen and oxygen atoms in total. The average molecular weight is 301 g/mol. The van der Waals surface area contributed by atoms with Gasteiger partial charge in [0.25, 0.3) is 0 Å². The van der Waals surface area contributed by atoms with Crippen molar-refractivity contribution in [2.24, 2.45) is 0 Å². The van der Waals surface area contributed by atoms with E-state index >= 15 is 0 Å². The highest BCUT2D eigenvalue weighted by Gasteiger charge is 2.14. The Morgan fingerprint density at radius 2 is 1.81 bits per heavy atom. The molecule has 0 fully saturated rings. The second-order valence-electron chi connectivity index (χ2n) is 5.05. The van der Waals surface area contributed by atoms with Crippen LogP contribution < -0.4 is 0 Å². The molecule has 21 heavy (non-hydrogen) atoms. The van der Waals surface area contributed by atoms with Crippen LogP contribution in [0, 0.1) is 6.92 Å². The molecule has 3 aromatic rings. The van der Waals surface area contributed by atoms with Crippen molar-refractivity contribution < 1.29 is 0 Å². The Labute approximate surface area is 128 Å². The van der Waals surface area contributed by atoms with E-state index in [1.165, 1.54) is 5.56 Å². The molecule has 0 bridgehead atoms. The van der Waals surface area contributed by atoms with Gasteiger partial charge in [0, 0.05) is 5.56 Å². The third-order valence-electron chi connectivity index (χ3n) is 3.61. The van der Waals surface area contributed by atoms with Crippen LogP contribution in [-0.4, -0.2) is 37.8 Å². The lowest BCUT2D eigenvalue weighted by Crippen LogP contribution is -2.23. The predicted octanol–water partition coefficient (Wildman–Crippen LogP) is 3.00. The van der Waals surface area contributed by atoms with Gasteiger partial charge in [-0.2, -0.15) is 9.61 Å². The van der Waals surface area contributed by atoms with Crippen molar-refractivity contribution in [2.75, 3.05) is 13.1 Å². The minimum atomic E-state index is 0.783. The Bertz CT molecular complexity index is 724. The first-order valence-electron chi connectivity index (χ1n) is 7.21. The minimum Gasteiger partial charge on any atom is -0.296 e. The number of hydrogen-bond acceptors (Lipinski definition) is 5.